The number of carboxylic acid groups (broad SMARTS) is 1. The van der Waals surface area contributed by atoms with Crippen LogP contribution in [0.4, 0.5) is 10.5 Å². The van der Waals surface area contributed by atoms with Gasteiger partial charge in [0, 0.05) is 17.6 Å². The van der Waals surface area contributed by atoms with Gasteiger partial charge in [0.25, 0.3) is 0 Å². The van der Waals surface area contributed by atoms with Gasteiger partial charge in [0.05, 0.1) is 11.3 Å². The fraction of sp³-hybridized carbons (Fsp3) is 0.429. The smallest absolute Gasteiger partial charge is 0.337 e. The summed E-state index contributed by atoms with van der Waals surface area (Å²) in [6, 6.07) is 3.89. The second-order valence-electron chi connectivity index (χ2n) is 5.15. The summed E-state index contributed by atoms with van der Waals surface area (Å²) >= 11 is 5.84. The first kappa shape index (κ1) is 16.3. The van der Waals surface area contributed by atoms with Crippen molar-refractivity contribution in [3.8, 4) is 0 Å². The Kier molecular flexibility index (Phi) is 5.00. The molecule has 110 valence electrons. The lowest BCUT2D eigenvalue weighted by atomic mass is 10.0. The van der Waals surface area contributed by atoms with Crippen LogP contribution in [0.1, 0.15) is 37.6 Å². The molecule has 0 spiro atoms. The first-order valence-electron chi connectivity index (χ1n) is 6.26. The lowest BCUT2D eigenvalue weighted by Gasteiger charge is -2.34. The van der Waals surface area contributed by atoms with E-state index in [1.807, 2.05) is 20.8 Å². The lowest BCUT2D eigenvalue weighted by molar-refractivity contribution is 0.0698. The van der Waals surface area contributed by atoms with Gasteiger partial charge in [0.2, 0.25) is 0 Å². The van der Waals surface area contributed by atoms with E-state index in [9.17, 15) is 9.59 Å². The number of anilines is 1. The maximum absolute atomic E-state index is 12.2. The number of carbonyl (C=O) groups excluding carboxylic acids is 1. The number of benzene rings is 1. The Morgan fingerprint density at radius 3 is 2.50 bits per heavy atom. The average molecular weight is 299 g/mol. The summed E-state index contributed by atoms with van der Waals surface area (Å²) in [4.78, 5) is 24.9. The molecule has 0 aliphatic carbocycles. The minimum atomic E-state index is -1.12. The first-order valence-corrected chi connectivity index (χ1v) is 6.64. The van der Waals surface area contributed by atoms with Gasteiger partial charge in [-0.25, -0.2) is 9.59 Å². The summed E-state index contributed by atoms with van der Waals surface area (Å²) in [5, 5.41) is 12.1. The summed E-state index contributed by atoms with van der Waals surface area (Å²) in [5.74, 6) is -1.12. The molecule has 2 amide bonds. The van der Waals surface area contributed by atoms with Crippen molar-refractivity contribution in [3.05, 3.63) is 28.8 Å². The molecule has 0 aliphatic rings. The third-order valence-corrected chi connectivity index (χ3v) is 3.77. The van der Waals surface area contributed by atoms with E-state index in [2.05, 4.69) is 5.32 Å². The lowest BCUT2D eigenvalue weighted by Crippen LogP contribution is -2.46. The van der Waals surface area contributed by atoms with Gasteiger partial charge in [0.15, 0.2) is 0 Å². The molecule has 0 radical (unpaired) electrons. The number of rotatable bonds is 4. The van der Waals surface area contributed by atoms with Crippen LogP contribution in [-0.4, -0.2) is 34.6 Å². The fourth-order valence-electron chi connectivity index (χ4n) is 1.52. The van der Waals surface area contributed by atoms with Gasteiger partial charge in [-0.05, 0) is 38.5 Å². The number of nitrogens with one attached hydrogen (secondary N) is 1. The van der Waals surface area contributed by atoms with E-state index in [4.69, 9.17) is 16.7 Å². The van der Waals surface area contributed by atoms with Crippen molar-refractivity contribution in [1.29, 1.82) is 0 Å². The van der Waals surface area contributed by atoms with Crippen LogP contribution in [0.3, 0.4) is 0 Å². The second kappa shape index (κ2) is 6.13. The summed E-state index contributed by atoms with van der Waals surface area (Å²) in [7, 11) is 1.67. The van der Waals surface area contributed by atoms with Crippen LogP contribution in [0.25, 0.3) is 0 Å². The van der Waals surface area contributed by atoms with Crippen molar-refractivity contribution < 1.29 is 14.7 Å². The highest BCUT2D eigenvalue weighted by atomic mass is 35.5. The molecule has 0 bridgehead atoms. The molecule has 0 atom stereocenters. The van der Waals surface area contributed by atoms with Crippen molar-refractivity contribution in [1.82, 2.24) is 4.90 Å². The Morgan fingerprint density at radius 2 is 2.00 bits per heavy atom. The minimum Gasteiger partial charge on any atom is -0.478 e. The zero-order chi connectivity index (χ0) is 15.5. The molecule has 2 N–H and O–H groups in total. The Labute approximate surface area is 123 Å². The number of halogens is 1. The Bertz CT molecular complexity index is 529. The summed E-state index contributed by atoms with van der Waals surface area (Å²) in [6.07, 6.45) is 0.776. The summed E-state index contributed by atoms with van der Waals surface area (Å²) < 4.78 is 0. The molecule has 5 nitrogen and oxygen atoms in total. The van der Waals surface area contributed by atoms with Gasteiger partial charge < -0.3 is 15.3 Å². The van der Waals surface area contributed by atoms with Gasteiger partial charge in [-0.15, -0.1) is 0 Å². The molecule has 0 saturated heterocycles. The van der Waals surface area contributed by atoms with E-state index >= 15 is 0 Å². The van der Waals surface area contributed by atoms with Crippen LogP contribution in [0, 0.1) is 0 Å². The maximum Gasteiger partial charge on any atom is 0.337 e. The third kappa shape index (κ3) is 3.63. The molecule has 1 rings (SSSR count). The van der Waals surface area contributed by atoms with Crippen molar-refractivity contribution in [2.75, 3.05) is 12.4 Å². The number of carboxylic acids is 1. The van der Waals surface area contributed by atoms with Gasteiger partial charge in [-0.2, -0.15) is 0 Å². The standard InChI is InChI=1S/C14H19ClN2O3/c1-5-14(2,3)17(4)13(20)16-11-8-9(15)6-7-10(11)12(18)19/h6-8H,5H2,1-4H3,(H,16,20)(H,18,19). The first-order chi connectivity index (χ1) is 9.19. The molecule has 0 fully saturated rings. The largest absolute Gasteiger partial charge is 0.478 e. The topological polar surface area (TPSA) is 69.6 Å². The average Bonchev–Trinajstić information content (AvgIpc) is 2.37. The summed E-state index contributed by atoms with van der Waals surface area (Å²) in [6.45, 7) is 5.84. The van der Waals surface area contributed by atoms with E-state index in [1.165, 1.54) is 18.2 Å². The molecular weight excluding hydrogens is 280 g/mol. The predicted octanol–water partition coefficient (Wildman–Crippen LogP) is 3.69. The fourth-order valence-corrected chi connectivity index (χ4v) is 1.69. The summed E-state index contributed by atoms with van der Waals surface area (Å²) in [5.41, 5.74) is -0.134. The number of carbonyl (C=O) groups is 2. The number of hydrogen-bond acceptors (Lipinski definition) is 2. The second-order valence-corrected chi connectivity index (χ2v) is 5.59. The van der Waals surface area contributed by atoms with Gasteiger partial charge >= 0.3 is 12.0 Å². The van der Waals surface area contributed by atoms with Crippen molar-refractivity contribution in [2.45, 2.75) is 32.7 Å². The number of amides is 2. The number of aromatic carboxylic acids is 1. The van der Waals surface area contributed by atoms with Gasteiger partial charge in [0.1, 0.15) is 0 Å². The highest BCUT2D eigenvalue weighted by Gasteiger charge is 2.26. The van der Waals surface area contributed by atoms with Gasteiger partial charge in [-0.1, -0.05) is 18.5 Å². The molecule has 1 aromatic rings. The quantitative estimate of drug-likeness (QED) is 0.890. The highest BCUT2D eigenvalue weighted by molar-refractivity contribution is 6.31. The molecule has 0 unspecified atom stereocenters. The SMILES string of the molecule is CCC(C)(C)N(C)C(=O)Nc1cc(Cl)ccc1C(=O)O. The Balaban J connectivity index is 3.02. The number of urea groups is 1. The van der Waals surface area contributed by atoms with E-state index < -0.39 is 5.97 Å². The number of hydrogen-bond donors (Lipinski definition) is 2. The van der Waals surface area contributed by atoms with Crippen LogP contribution < -0.4 is 5.32 Å². The molecular formula is C14H19ClN2O3. The van der Waals surface area contributed by atoms with Crippen LogP contribution in [0.15, 0.2) is 18.2 Å². The van der Waals surface area contributed by atoms with Crippen molar-refractivity contribution in [2.24, 2.45) is 0 Å². The predicted molar refractivity (Wildman–Crippen MR) is 79.6 cm³/mol. The molecule has 6 heteroatoms. The van der Waals surface area contributed by atoms with E-state index in [0.29, 0.717) is 5.02 Å². The van der Waals surface area contributed by atoms with E-state index in [-0.39, 0.29) is 22.8 Å². The zero-order valence-corrected chi connectivity index (χ0v) is 12.8. The minimum absolute atomic E-state index is 0.00505. The third-order valence-electron chi connectivity index (χ3n) is 3.53. The number of nitrogens with zero attached hydrogens (tertiary/aromatic N) is 1. The molecule has 0 heterocycles. The molecule has 0 saturated carbocycles. The highest BCUT2D eigenvalue weighted by Crippen LogP contribution is 2.23. The molecule has 0 aliphatic heterocycles. The Hall–Kier alpha value is -1.75. The van der Waals surface area contributed by atoms with Gasteiger partial charge in [-0.3, -0.25) is 0 Å². The van der Waals surface area contributed by atoms with E-state index in [0.717, 1.165) is 6.42 Å². The van der Waals surface area contributed by atoms with Crippen LogP contribution in [0.2, 0.25) is 5.02 Å². The van der Waals surface area contributed by atoms with Crippen molar-refractivity contribution in [3.63, 3.8) is 0 Å². The van der Waals surface area contributed by atoms with E-state index in [1.54, 1.807) is 11.9 Å². The van der Waals surface area contributed by atoms with Crippen molar-refractivity contribution >= 4 is 29.3 Å². The molecule has 20 heavy (non-hydrogen) atoms. The monoisotopic (exact) mass is 298 g/mol. The van der Waals surface area contributed by atoms with Crippen LogP contribution in [-0.2, 0) is 0 Å². The maximum atomic E-state index is 12.2. The van der Waals surface area contributed by atoms with Crippen LogP contribution in [0.5, 0.6) is 0 Å². The molecule has 0 aromatic heterocycles. The molecule has 1 aromatic carbocycles. The Morgan fingerprint density at radius 1 is 1.40 bits per heavy atom. The van der Waals surface area contributed by atoms with Crippen LogP contribution >= 0.6 is 11.6 Å². The normalized spacial score (nSPS) is 11.1. The zero-order valence-electron chi connectivity index (χ0n) is 12.0.